The Bertz CT molecular complexity index is 816. The van der Waals surface area contributed by atoms with Crippen LogP contribution >= 0.6 is 0 Å². The summed E-state index contributed by atoms with van der Waals surface area (Å²) in [6, 6.07) is 12.9. The van der Waals surface area contributed by atoms with Crippen LogP contribution in [0.15, 0.2) is 42.5 Å². The number of methoxy groups -OCH3 is 1. The van der Waals surface area contributed by atoms with Crippen molar-refractivity contribution in [1.82, 2.24) is 15.6 Å². The van der Waals surface area contributed by atoms with Crippen LogP contribution in [0.2, 0.25) is 0 Å². The number of rotatable bonds is 7. The van der Waals surface area contributed by atoms with Crippen LogP contribution in [0.3, 0.4) is 0 Å². The Labute approximate surface area is 165 Å². The molecule has 1 aromatic carbocycles. The number of nitrogens with zero attached hydrogens (tertiary/aromatic N) is 1. The molecule has 3 rings (SSSR count). The average molecular weight is 381 g/mol. The van der Waals surface area contributed by atoms with Crippen molar-refractivity contribution in [1.29, 1.82) is 0 Å². The zero-order valence-electron chi connectivity index (χ0n) is 16.2. The van der Waals surface area contributed by atoms with E-state index in [0.717, 1.165) is 37.0 Å². The number of ether oxygens (including phenoxy) is 1. The van der Waals surface area contributed by atoms with Crippen LogP contribution in [0.25, 0.3) is 0 Å². The number of amides is 2. The van der Waals surface area contributed by atoms with Gasteiger partial charge in [0.25, 0.3) is 11.8 Å². The van der Waals surface area contributed by atoms with Gasteiger partial charge in [-0.05, 0) is 43.0 Å². The molecular formula is C22H27N3O3. The summed E-state index contributed by atoms with van der Waals surface area (Å²) in [5.74, 6) is 0.300. The second-order valence-electron chi connectivity index (χ2n) is 7.03. The summed E-state index contributed by atoms with van der Waals surface area (Å²) in [6.45, 7) is 0.458. The molecule has 0 aliphatic heterocycles. The third-order valence-electron chi connectivity index (χ3n) is 5.03. The van der Waals surface area contributed by atoms with Gasteiger partial charge in [0.15, 0.2) is 0 Å². The molecule has 1 heterocycles. The number of para-hydroxylation sites is 1. The van der Waals surface area contributed by atoms with Gasteiger partial charge in [-0.1, -0.05) is 43.5 Å². The highest BCUT2D eigenvalue weighted by molar-refractivity contribution is 5.96. The molecule has 6 heteroatoms. The molecule has 0 unspecified atom stereocenters. The smallest absolute Gasteiger partial charge is 0.270 e. The summed E-state index contributed by atoms with van der Waals surface area (Å²) < 4.78 is 5.32. The fourth-order valence-corrected chi connectivity index (χ4v) is 3.50. The van der Waals surface area contributed by atoms with E-state index >= 15 is 0 Å². The fourth-order valence-electron chi connectivity index (χ4n) is 3.50. The number of pyridine rings is 1. The number of carbonyl (C=O) groups is 2. The number of aromatic nitrogens is 1. The van der Waals surface area contributed by atoms with Crippen LogP contribution in [0.1, 0.15) is 58.6 Å². The molecule has 2 aromatic rings. The maximum atomic E-state index is 12.4. The van der Waals surface area contributed by atoms with E-state index in [0.29, 0.717) is 13.0 Å². The first kappa shape index (κ1) is 19.9. The summed E-state index contributed by atoms with van der Waals surface area (Å²) in [5.41, 5.74) is 1.55. The molecule has 1 aliphatic rings. The van der Waals surface area contributed by atoms with Crippen LogP contribution in [-0.4, -0.2) is 36.5 Å². The Hall–Kier alpha value is -2.89. The lowest BCUT2D eigenvalue weighted by Crippen LogP contribution is -2.37. The summed E-state index contributed by atoms with van der Waals surface area (Å²) in [7, 11) is 1.63. The number of hydrogen-bond donors (Lipinski definition) is 2. The van der Waals surface area contributed by atoms with Crippen LogP contribution in [0.4, 0.5) is 0 Å². The van der Waals surface area contributed by atoms with Gasteiger partial charge in [-0.3, -0.25) is 9.59 Å². The van der Waals surface area contributed by atoms with E-state index in [9.17, 15) is 9.59 Å². The second kappa shape index (κ2) is 9.88. The monoisotopic (exact) mass is 381 g/mol. The minimum Gasteiger partial charge on any atom is -0.496 e. The Kier molecular flexibility index (Phi) is 7.00. The molecule has 1 aliphatic carbocycles. The largest absolute Gasteiger partial charge is 0.496 e. The zero-order chi connectivity index (χ0) is 19.8. The van der Waals surface area contributed by atoms with E-state index in [1.54, 1.807) is 25.3 Å². The molecule has 0 atom stereocenters. The Morgan fingerprint density at radius 2 is 1.71 bits per heavy atom. The second-order valence-corrected chi connectivity index (χ2v) is 7.03. The standard InChI is InChI=1S/C22H27N3O3/c1-28-20-13-6-5-8-16(20)14-15-23-21(26)18-11-7-12-19(25-18)22(27)24-17-9-3-2-4-10-17/h5-8,11-13,17H,2-4,9-10,14-15H2,1H3,(H,23,26)(H,24,27). The molecule has 1 saturated carbocycles. The molecule has 1 aromatic heterocycles. The van der Waals surface area contributed by atoms with E-state index in [-0.39, 0.29) is 29.2 Å². The predicted molar refractivity (Wildman–Crippen MR) is 108 cm³/mol. The molecule has 0 spiro atoms. The van der Waals surface area contributed by atoms with Crippen molar-refractivity contribution in [2.75, 3.05) is 13.7 Å². The van der Waals surface area contributed by atoms with E-state index < -0.39 is 0 Å². The van der Waals surface area contributed by atoms with E-state index in [1.807, 2.05) is 24.3 Å². The predicted octanol–water partition coefficient (Wildman–Crippen LogP) is 3.13. The van der Waals surface area contributed by atoms with Gasteiger partial charge in [0.2, 0.25) is 0 Å². The molecule has 0 saturated heterocycles. The van der Waals surface area contributed by atoms with Crippen LogP contribution in [-0.2, 0) is 6.42 Å². The Morgan fingerprint density at radius 1 is 1.00 bits per heavy atom. The summed E-state index contributed by atoms with van der Waals surface area (Å²) in [5, 5.41) is 5.89. The minimum atomic E-state index is -0.290. The minimum absolute atomic E-state index is 0.210. The quantitative estimate of drug-likeness (QED) is 0.772. The molecule has 1 fully saturated rings. The number of carbonyl (C=O) groups excluding carboxylic acids is 2. The molecule has 0 bridgehead atoms. The van der Waals surface area contributed by atoms with Crippen LogP contribution in [0.5, 0.6) is 5.75 Å². The third kappa shape index (κ3) is 5.31. The molecule has 0 radical (unpaired) electrons. The Balaban J connectivity index is 1.55. The average Bonchev–Trinajstić information content (AvgIpc) is 2.75. The van der Waals surface area contributed by atoms with E-state index in [1.165, 1.54) is 6.42 Å². The van der Waals surface area contributed by atoms with Gasteiger partial charge in [0.1, 0.15) is 17.1 Å². The fraction of sp³-hybridized carbons (Fsp3) is 0.409. The highest BCUT2D eigenvalue weighted by Gasteiger charge is 2.18. The summed E-state index contributed by atoms with van der Waals surface area (Å²) in [6.07, 6.45) is 6.19. The van der Waals surface area contributed by atoms with Crippen molar-refractivity contribution in [3.05, 3.63) is 59.4 Å². The lowest BCUT2D eigenvalue weighted by atomic mass is 9.95. The van der Waals surface area contributed by atoms with Crippen molar-refractivity contribution < 1.29 is 14.3 Å². The SMILES string of the molecule is COc1ccccc1CCNC(=O)c1cccc(C(=O)NC2CCCCC2)n1. The first-order valence-electron chi connectivity index (χ1n) is 9.85. The van der Waals surface area contributed by atoms with Crippen molar-refractivity contribution in [3.63, 3.8) is 0 Å². The van der Waals surface area contributed by atoms with Gasteiger partial charge in [0, 0.05) is 12.6 Å². The lowest BCUT2D eigenvalue weighted by molar-refractivity contribution is 0.0922. The normalized spacial score (nSPS) is 14.3. The van der Waals surface area contributed by atoms with Gasteiger partial charge < -0.3 is 15.4 Å². The van der Waals surface area contributed by atoms with Crippen molar-refractivity contribution in [2.24, 2.45) is 0 Å². The van der Waals surface area contributed by atoms with Crippen molar-refractivity contribution >= 4 is 11.8 Å². The first-order valence-corrected chi connectivity index (χ1v) is 9.85. The highest BCUT2D eigenvalue weighted by atomic mass is 16.5. The van der Waals surface area contributed by atoms with E-state index in [2.05, 4.69) is 15.6 Å². The van der Waals surface area contributed by atoms with Crippen LogP contribution in [0, 0.1) is 0 Å². The van der Waals surface area contributed by atoms with Gasteiger partial charge >= 0.3 is 0 Å². The van der Waals surface area contributed by atoms with Crippen LogP contribution < -0.4 is 15.4 Å². The maximum Gasteiger partial charge on any atom is 0.270 e. The molecule has 28 heavy (non-hydrogen) atoms. The highest BCUT2D eigenvalue weighted by Crippen LogP contribution is 2.18. The molecule has 2 N–H and O–H groups in total. The number of nitrogens with one attached hydrogen (secondary N) is 2. The zero-order valence-corrected chi connectivity index (χ0v) is 16.2. The topological polar surface area (TPSA) is 80.3 Å². The Morgan fingerprint density at radius 3 is 2.46 bits per heavy atom. The lowest BCUT2D eigenvalue weighted by Gasteiger charge is -2.22. The van der Waals surface area contributed by atoms with Gasteiger partial charge in [-0.15, -0.1) is 0 Å². The summed E-state index contributed by atoms with van der Waals surface area (Å²) in [4.78, 5) is 29.1. The van der Waals surface area contributed by atoms with Gasteiger partial charge in [-0.25, -0.2) is 4.98 Å². The van der Waals surface area contributed by atoms with Gasteiger partial charge in [0.05, 0.1) is 7.11 Å². The first-order chi connectivity index (χ1) is 13.7. The van der Waals surface area contributed by atoms with E-state index in [4.69, 9.17) is 4.74 Å². The third-order valence-corrected chi connectivity index (χ3v) is 5.03. The maximum absolute atomic E-state index is 12.4. The molecule has 6 nitrogen and oxygen atoms in total. The molecular weight excluding hydrogens is 354 g/mol. The number of benzene rings is 1. The number of hydrogen-bond acceptors (Lipinski definition) is 4. The van der Waals surface area contributed by atoms with Crippen molar-refractivity contribution in [2.45, 2.75) is 44.6 Å². The van der Waals surface area contributed by atoms with Gasteiger partial charge in [-0.2, -0.15) is 0 Å². The molecule has 148 valence electrons. The van der Waals surface area contributed by atoms with Crippen molar-refractivity contribution in [3.8, 4) is 5.75 Å². The molecule has 2 amide bonds. The summed E-state index contributed by atoms with van der Waals surface area (Å²) >= 11 is 0.